The van der Waals surface area contributed by atoms with Crippen molar-refractivity contribution in [1.29, 1.82) is 0 Å². The number of nitrogens with zero attached hydrogens (tertiary/aromatic N) is 1. The maximum atomic E-state index is 6.19. The van der Waals surface area contributed by atoms with Crippen LogP contribution in [0.5, 0.6) is 0 Å². The first kappa shape index (κ1) is 13.8. The average molecular weight is 282 g/mol. The summed E-state index contributed by atoms with van der Waals surface area (Å²) in [4.78, 5) is 4.66. The van der Waals surface area contributed by atoms with Crippen LogP contribution in [0.25, 0.3) is 10.2 Å². The van der Waals surface area contributed by atoms with Gasteiger partial charge in [-0.1, -0.05) is 38.3 Å². The van der Waals surface area contributed by atoms with Crippen LogP contribution in [-0.4, -0.2) is 4.98 Å². The smallest absolute Gasteiger partial charge is 0.0907 e. The van der Waals surface area contributed by atoms with Crippen molar-refractivity contribution >= 4 is 33.2 Å². The van der Waals surface area contributed by atoms with Crippen molar-refractivity contribution < 1.29 is 0 Å². The molecule has 0 saturated heterocycles. The van der Waals surface area contributed by atoms with Crippen LogP contribution in [0.15, 0.2) is 12.1 Å². The molecule has 1 fully saturated rings. The molecule has 1 aromatic carbocycles. The highest BCUT2D eigenvalue weighted by atomic mass is 35.5. The summed E-state index contributed by atoms with van der Waals surface area (Å²) >= 11 is 7.93. The van der Waals surface area contributed by atoms with Gasteiger partial charge in [0, 0.05) is 5.02 Å². The third-order valence-corrected chi connectivity index (χ3v) is 4.53. The molecule has 1 aromatic heterocycles. The zero-order valence-electron chi connectivity index (χ0n) is 11.3. The van der Waals surface area contributed by atoms with E-state index in [1.807, 2.05) is 19.9 Å². The van der Waals surface area contributed by atoms with Gasteiger partial charge in [0.2, 0.25) is 0 Å². The minimum absolute atomic E-state index is 0.683. The molecule has 18 heavy (non-hydrogen) atoms. The first-order valence-corrected chi connectivity index (χ1v) is 8.00. The molecule has 1 aliphatic rings. The summed E-state index contributed by atoms with van der Waals surface area (Å²) in [6.45, 7) is 6.07. The number of halogens is 1. The molecule has 0 bridgehead atoms. The SMILES string of the molecule is CC.Cc1nc2c(C3CCCC3)cc(Cl)cc2s1. The topological polar surface area (TPSA) is 12.9 Å². The van der Waals surface area contributed by atoms with Crippen LogP contribution in [0.3, 0.4) is 0 Å². The Morgan fingerprint density at radius 3 is 2.56 bits per heavy atom. The average Bonchev–Trinajstić information content (AvgIpc) is 2.98. The Labute approximate surface area is 118 Å². The van der Waals surface area contributed by atoms with E-state index >= 15 is 0 Å². The second-order valence-corrected chi connectivity index (χ2v) is 6.23. The fourth-order valence-corrected chi connectivity index (χ4v) is 3.87. The van der Waals surface area contributed by atoms with Crippen LogP contribution >= 0.6 is 22.9 Å². The van der Waals surface area contributed by atoms with E-state index < -0.39 is 0 Å². The lowest BCUT2D eigenvalue weighted by Crippen LogP contribution is -1.93. The molecule has 0 aliphatic heterocycles. The van der Waals surface area contributed by atoms with Crippen molar-refractivity contribution in [2.75, 3.05) is 0 Å². The third kappa shape index (κ3) is 2.70. The highest BCUT2D eigenvalue weighted by Gasteiger charge is 2.21. The minimum atomic E-state index is 0.683. The number of aryl methyl sites for hydroxylation is 1. The Morgan fingerprint density at radius 1 is 1.22 bits per heavy atom. The van der Waals surface area contributed by atoms with Crippen LogP contribution < -0.4 is 0 Å². The lowest BCUT2D eigenvalue weighted by atomic mass is 9.97. The molecule has 0 N–H and O–H groups in total. The molecule has 0 atom stereocenters. The molecular weight excluding hydrogens is 262 g/mol. The van der Waals surface area contributed by atoms with Gasteiger partial charge in [-0.3, -0.25) is 0 Å². The number of rotatable bonds is 1. The van der Waals surface area contributed by atoms with Crippen LogP contribution in [0.4, 0.5) is 0 Å². The highest BCUT2D eigenvalue weighted by molar-refractivity contribution is 7.18. The molecule has 1 aliphatic carbocycles. The van der Waals surface area contributed by atoms with Gasteiger partial charge >= 0.3 is 0 Å². The van der Waals surface area contributed by atoms with Gasteiger partial charge < -0.3 is 0 Å². The van der Waals surface area contributed by atoms with Gasteiger partial charge in [-0.05, 0) is 43.4 Å². The standard InChI is InChI=1S/C13H14ClNS.C2H6/c1-8-15-13-11(9-4-2-3-5-9)6-10(14)7-12(13)16-8;1-2/h6-7,9H,2-5H2,1H3;1-2H3. The molecular formula is C15H20ClNS. The summed E-state index contributed by atoms with van der Waals surface area (Å²) in [6, 6.07) is 4.17. The lowest BCUT2D eigenvalue weighted by molar-refractivity contribution is 0.728. The molecule has 1 heterocycles. The molecule has 0 amide bonds. The molecule has 0 unspecified atom stereocenters. The Bertz CT molecular complexity index is 527. The van der Waals surface area contributed by atoms with Crippen molar-refractivity contribution in [2.45, 2.75) is 52.4 Å². The van der Waals surface area contributed by atoms with E-state index in [0.29, 0.717) is 5.92 Å². The summed E-state index contributed by atoms with van der Waals surface area (Å²) in [5.41, 5.74) is 2.57. The van der Waals surface area contributed by atoms with E-state index in [1.165, 1.54) is 41.5 Å². The van der Waals surface area contributed by atoms with Gasteiger partial charge in [0.05, 0.1) is 15.2 Å². The molecule has 98 valence electrons. The van der Waals surface area contributed by atoms with Crippen LogP contribution in [0.1, 0.15) is 56.0 Å². The Hall–Kier alpha value is -0.600. The molecule has 3 rings (SSSR count). The van der Waals surface area contributed by atoms with E-state index in [1.54, 1.807) is 11.3 Å². The predicted octanol–water partition coefficient (Wildman–Crippen LogP) is 5.94. The number of hydrogen-bond donors (Lipinski definition) is 0. The molecule has 2 aromatic rings. The maximum Gasteiger partial charge on any atom is 0.0907 e. The first-order chi connectivity index (χ1) is 8.74. The lowest BCUT2D eigenvalue weighted by Gasteiger charge is -2.10. The van der Waals surface area contributed by atoms with E-state index in [2.05, 4.69) is 18.0 Å². The summed E-state index contributed by atoms with van der Waals surface area (Å²) in [7, 11) is 0. The number of benzene rings is 1. The minimum Gasteiger partial charge on any atom is -0.241 e. The van der Waals surface area contributed by atoms with Gasteiger partial charge in [0.15, 0.2) is 0 Å². The Balaban J connectivity index is 0.000000574. The van der Waals surface area contributed by atoms with Gasteiger partial charge in [0.25, 0.3) is 0 Å². The van der Waals surface area contributed by atoms with Crippen LogP contribution in [-0.2, 0) is 0 Å². The monoisotopic (exact) mass is 281 g/mol. The van der Waals surface area contributed by atoms with E-state index in [-0.39, 0.29) is 0 Å². The zero-order valence-corrected chi connectivity index (χ0v) is 12.9. The van der Waals surface area contributed by atoms with Crippen LogP contribution in [0, 0.1) is 6.92 Å². The quantitative estimate of drug-likeness (QED) is 0.630. The summed E-state index contributed by atoms with van der Waals surface area (Å²) in [5, 5.41) is 1.99. The largest absolute Gasteiger partial charge is 0.241 e. The van der Waals surface area contributed by atoms with Gasteiger partial charge in [-0.15, -0.1) is 11.3 Å². The van der Waals surface area contributed by atoms with Crippen molar-refractivity contribution in [3.8, 4) is 0 Å². The van der Waals surface area contributed by atoms with E-state index in [0.717, 1.165) is 10.0 Å². The Kier molecular flexibility index (Phi) is 4.63. The predicted molar refractivity (Wildman–Crippen MR) is 81.9 cm³/mol. The molecule has 1 nitrogen and oxygen atoms in total. The Morgan fingerprint density at radius 2 is 1.89 bits per heavy atom. The van der Waals surface area contributed by atoms with Gasteiger partial charge in [-0.2, -0.15) is 0 Å². The molecule has 3 heteroatoms. The first-order valence-electron chi connectivity index (χ1n) is 6.80. The van der Waals surface area contributed by atoms with Crippen molar-refractivity contribution in [2.24, 2.45) is 0 Å². The van der Waals surface area contributed by atoms with Crippen LogP contribution in [0.2, 0.25) is 5.02 Å². The number of thiazole rings is 1. The van der Waals surface area contributed by atoms with Crippen molar-refractivity contribution in [3.63, 3.8) is 0 Å². The van der Waals surface area contributed by atoms with Gasteiger partial charge in [-0.25, -0.2) is 4.98 Å². The van der Waals surface area contributed by atoms with E-state index in [4.69, 9.17) is 11.6 Å². The second kappa shape index (κ2) is 6.03. The number of hydrogen-bond acceptors (Lipinski definition) is 2. The molecule has 1 saturated carbocycles. The fourth-order valence-electron chi connectivity index (χ4n) is 2.68. The van der Waals surface area contributed by atoms with Gasteiger partial charge in [0.1, 0.15) is 0 Å². The van der Waals surface area contributed by atoms with E-state index in [9.17, 15) is 0 Å². The summed E-state index contributed by atoms with van der Waals surface area (Å²) in [6.07, 6.45) is 5.29. The van der Waals surface area contributed by atoms with Crippen molar-refractivity contribution in [3.05, 3.63) is 27.7 Å². The summed E-state index contributed by atoms with van der Waals surface area (Å²) < 4.78 is 1.24. The second-order valence-electron chi connectivity index (χ2n) is 4.56. The fraction of sp³-hybridized carbons (Fsp3) is 0.533. The van der Waals surface area contributed by atoms with Crippen molar-refractivity contribution in [1.82, 2.24) is 4.98 Å². The zero-order chi connectivity index (χ0) is 13.1. The summed E-state index contributed by atoms with van der Waals surface area (Å²) in [5.74, 6) is 0.683. The normalized spacial score (nSPS) is 15.8. The molecule has 0 radical (unpaired) electrons. The number of fused-ring (bicyclic) bond motifs is 1. The molecule has 0 spiro atoms. The third-order valence-electron chi connectivity index (χ3n) is 3.39. The highest BCUT2D eigenvalue weighted by Crippen LogP contribution is 2.40. The number of aromatic nitrogens is 1. The maximum absolute atomic E-state index is 6.19.